The molecule has 0 aliphatic heterocycles. The summed E-state index contributed by atoms with van der Waals surface area (Å²) in [5.41, 5.74) is 1.15. The van der Waals surface area contributed by atoms with Gasteiger partial charge in [-0.15, -0.1) is 0 Å². The molecule has 31 heavy (non-hydrogen) atoms. The molecule has 162 valence electrons. The molecule has 0 aliphatic rings. The largest absolute Gasteiger partial charge is 0.484 e. The summed E-state index contributed by atoms with van der Waals surface area (Å²) >= 11 is 5.88. The van der Waals surface area contributed by atoms with E-state index in [1.807, 2.05) is 0 Å². The Bertz CT molecular complexity index is 1170. The molecule has 3 aromatic carbocycles. The fourth-order valence-electron chi connectivity index (χ4n) is 2.80. The lowest BCUT2D eigenvalue weighted by atomic mass is 10.2. The van der Waals surface area contributed by atoms with Gasteiger partial charge in [0.2, 0.25) is 10.0 Å². The van der Waals surface area contributed by atoms with Crippen LogP contribution in [0.25, 0.3) is 0 Å². The Morgan fingerprint density at radius 2 is 1.77 bits per heavy atom. The maximum absolute atomic E-state index is 14.0. The number of sulfonamides is 1. The third-order valence-electron chi connectivity index (χ3n) is 4.28. The van der Waals surface area contributed by atoms with Gasteiger partial charge in [-0.25, -0.2) is 12.8 Å². The molecule has 3 aromatic rings. The van der Waals surface area contributed by atoms with Crippen molar-refractivity contribution >= 4 is 38.9 Å². The number of nitrogens with zero attached hydrogens (tertiary/aromatic N) is 1. The van der Waals surface area contributed by atoms with Gasteiger partial charge in [0.1, 0.15) is 11.6 Å². The van der Waals surface area contributed by atoms with E-state index in [0.717, 1.165) is 10.6 Å². The molecule has 0 atom stereocenters. The number of halogens is 2. The summed E-state index contributed by atoms with van der Waals surface area (Å²) in [7, 11) is -3.66. The average Bonchev–Trinajstić information content (AvgIpc) is 2.71. The van der Waals surface area contributed by atoms with Gasteiger partial charge in [0.05, 0.1) is 18.5 Å². The monoisotopic (exact) mass is 462 g/mol. The molecule has 1 amide bonds. The Labute approximate surface area is 185 Å². The predicted octanol–water partition coefficient (Wildman–Crippen LogP) is 4.46. The van der Waals surface area contributed by atoms with E-state index < -0.39 is 15.8 Å². The lowest BCUT2D eigenvalue weighted by Gasteiger charge is -2.23. The van der Waals surface area contributed by atoms with Gasteiger partial charge in [0, 0.05) is 16.3 Å². The molecule has 0 saturated heterocycles. The van der Waals surface area contributed by atoms with Gasteiger partial charge >= 0.3 is 0 Å². The molecule has 9 heteroatoms. The van der Waals surface area contributed by atoms with Crippen molar-refractivity contribution in [2.75, 3.05) is 22.5 Å². The van der Waals surface area contributed by atoms with Crippen LogP contribution in [0.5, 0.6) is 5.75 Å². The van der Waals surface area contributed by atoms with Crippen LogP contribution in [0.1, 0.15) is 5.56 Å². The number of hydrogen-bond acceptors (Lipinski definition) is 4. The fourth-order valence-corrected chi connectivity index (χ4v) is 3.87. The lowest BCUT2D eigenvalue weighted by molar-refractivity contribution is -0.118. The molecule has 0 aliphatic carbocycles. The molecule has 1 N–H and O–H groups in total. The smallest absolute Gasteiger partial charge is 0.262 e. The third kappa shape index (κ3) is 6.44. The number of benzene rings is 3. The number of carbonyl (C=O) groups is 1. The van der Waals surface area contributed by atoms with E-state index in [1.165, 1.54) is 30.3 Å². The molecule has 0 bridgehead atoms. The lowest BCUT2D eigenvalue weighted by Crippen LogP contribution is -2.29. The first-order valence-electron chi connectivity index (χ1n) is 9.22. The van der Waals surface area contributed by atoms with Crippen LogP contribution in [-0.2, 0) is 21.4 Å². The van der Waals surface area contributed by atoms with Crippen molar-refractivity contribution in [3.05, 3.63) is 89.2 Å². The van der Waals surface area contributed by atoms with E-state index >= 15 is 0 Å². The zero-order valence-corrected chi connectivity index (χ0v) is 18.2. The number of carbonyl (C=O) groups excluding carboxylic acids is 1. The van der Waals surface area contributed by atoms with E-state index in [0.29, 0.717) is 22.1 Å². The van der Waals surface area contributed by atoms with E-state index in [2.05, 4.69) is 5.32 Å². The Morgan fingerprint density at radius 3 is 2.42 bits per heavy atom. The van der Waals surface area contributed by atoms with E-state index in [1.54, 1.807) is 42.5 Å². The molecule has 0 saturated carbocycles. The molecule has 6 nitrogen and oxygen atoms in total. The molecule has 3 rings (SSSR count). The predicted molar refractivity (Wildman–Crippen MR) is 119 cm³/mol. The normalized spacial score (nSPS) is 11.1. The zero-order valence-electron chi connectivity index (χ0n) is 16.6. The maximum atomic E-state index is 14.0. The Hall–Kier alpha value is -3.10. The number of rotatable bonds is 8. The Kier molecular flexibility index (Phi) is 7.14. The Morgan fingerprint density at radius 1 is 1.06 bits per heavy atom. The van der Waals surface area contributed by atoms with Crippen LogP contribution in [0.4, 0.5) is 15.8 Å². The first-order chi connectivity index (χ1) is 14.7. The molecular formula is C22H20ClFN2O4S. The van der Waals surface area contributed by atoms with Crippen LogP contribution >= 0.6 is 11.6 Å². The van der Waals surface area contributed by atoms with Crippen LogP contribution in [-0.4, -0.2) is 27.2 Å². The summed E-state index contributed by atoms with van der Waals surface area (Å²) in [4.78, 5) is 12.0. The van der Waals surface area contributed by atoms with Crippen LogP contribution in [0.2, 0.25) is 5.02 Å². The van der Waals surface area contributed by atoms with Crippen molar-refractivity contribution in [1.82, 2.24) is 0 Å². The quantitative estimate of drug-likeness (QED) is 0.536. The average molecular weight is 463 g/mol. The summed E-state index contributed by atoms with van der Waals surface area (Å²) in [5.74, 6) is -0.477. The summed E-state index contributed by atoms with van der Waals surface area (Å²) in [5, 5.41) is 3.16. The number of amides is 1. The van der Waals surface area contributed by atoms with Crippen LogP contribution in [0, 0.1) is 5.82 Å². The second kappa shape index (κ2) is 9.80. The van der Waals surface area contributed by atoms with E-state index in [-0.39, 0.29) is 24.6 Å². The van der Waals surface area contributed by atoms with Gasteiger partial charge in [-0.05, 0) is 48.5 Å². The molecule has 0 unspecified atom stereocenters. The minimum Gasteiger partial charge on any atom is -0.484 e. The minimum absolute atomic E-state index is 0.145. The summed E-state index contributed by atoms with van der Waals surface area (Å²) in [6.07, 6.45) is 1.05. The van der Waals surface area contributed by atoms with Gasteiger partial charge in [-0.2, -0.15) is 0 Å². The molecule has 0 fully saturated rings. The Balaban J connectivity index is 1.66. The number of ether oxygens (including phenoxy) is 1. The highest BCUT2D eigenvalue weighted by Gasteiger charge is 2.19. The zero-order chi connectivity index (χ0) is 22.4. The van der Waals surface area contributed by atoms with Crippen molar-refractivity contribution in [2.24, 2.45) is 0 Å². The van der Waals surface area contributed by atoms with Gasteiger partial charge in [-0.1, -0.05) is 35.9 Å². The van der Waals surface area contributed by atoms with Crippen LogP contribution < -0.4 is 14.4 Å². The van der Waals surface area contributed by atoms with Crippen LogP contribution in [0.15, 0.2) is 72.8 Å². The van der Waals surface area contributed by atoms with E-state index in [9.17, 15) is 17.6 Å². The second-order valence-electron chi connectivity index (χ2n) is 6.70. The number of nitrogens with one attached hydrogen (secondary N) is 1. The van der Waals surface area contributed by atoms with Gasteiger partial charge in [-0.3, -0.25) is 9.10 Å². The summed E-state index contributed by atoms with van der Waals surface area (Å²) < 4.78 is 45.0. The highest BCUT2D eigenvalue weighted by Crippen LogP contribution is 2.24. The number of anilines is 2. The van der Waals surface area contributed by atoms with Crippen molar-refractivity contribution in [2.45, 2.75) is 6.54 Å². The third-order valence-corrected chi connectivity index (χ3v) is 5.65. The van der Waals surface area contributed by atoms with Gasteiger partial charge < -0.3 is 10.1 Å². The molecule has 0 spiro atoms. The summed E-state index contributed by atoms with van der Waals surface area (Å²) in [6, 6.07) is 18.9. The standard InChI is InChI=1S/C22H20ClFN2O4S/c1-31(28,29)26(14-16-5-2-3-8-21(16)24)19-9-11-20(12-10-19)30-15-22(27)25-18-7-4-6-17(23)13-18/h2-13H,14-15H2,1H3,(H,25,27). The second-order valence-corrected chi connectivity index (χ2v) is 9.05. The highest BCUT2D eigenvalue weighted by atomic mass is 35.5. The van der Waals surface area contributed by atoms with Crippen molar-refractivity contribution in [1.29, 1.82) is 0 Å². The van der Waals surface area contributed by atoms with E-state index in [4.69, 9.17) is 16.3 Å². The maximum Gasteiger partial charge on any atom is 0.262 e. The number of hydrogen-bond donors (Lipinski definition) is 1. The summed E-state index contributed by atoms with van der Waals surface area (Å²) in [6.45, 7) is -0.384. The van der Waals surface area contributed by atoms with Crippen molar-refractivity contribution in [3.63, 3.8) is 0 Å². The first kappa shape index (κ1) is 22.6. The molecule has 0 radical (unpaired) electrons. The fraction of sp³-hybridized carbons (Fsp3) is 0.136. The van der Waals surface area contributed by atoms with Crippen LogP contribution in [0.3, 0.4) is 0 Å². The molecular weight excluding hydrogens is 443 g/mol. The van der Waals surface area contributed by atoms with Crippen molar-refractivity contribution < 1.29 is 22.3 Å². The minimum atomic E-state index is -3.66. The first-order valence-corrected chi connectivity index (χ1v) is 11.4. The molecule has 0 heterocycles. The van der Waals surface area contributed by atoms with Gasteiger partial charge in [0.15, 0.2) is 6.61 Å². The van der Waals surface area contributed by atoms with Gasteiger partial charge in [0.25, 0.3) is 5.91 Å². The SMILES string of the molecule is CS(=O)(=O)N(Cc1ccccc1F)c1ccc(OCC(=O)Nc2cccc(Cl)c2)cc1. The topological polar surface area (TPSA) is 75.7 Å². The van der Waals surface area contributed by atoms with Crippen molar-refractivity contribution in [3.8, 4) is 5.75 Å². The highest BCUT2D eigenvalue weighted by molar-refractivity contribution is 7.92. The molecule has 0 aromatic heterocycles.